The van der Waals surface area contributed by atoms with Crippen LogP contribution in [0.25, 0.3) is 11.5 Å². The summed E-state index contributed by atoms with van der Waals surface area (Å²) >= 11 is 0. The van der Waals surface area contributed by atoms with Crippen LogP contribution in [0.15, 0.2) is 28.8 Å². The molecule has 0 saturated carbocycles. The Morgan fingerprint density at radius 1 is 1.43 bits per heavy atom. The van der Waals surface area contributed by atoms with Gasteiger partial charge in [-0.25, -0.2) is 0 Å². The molecule has 3 rings (SSSR count). The largest absolute Gasteiger partial charge is 0.367 e. The van der Waals surface area contributed by atoms with Gasteiger partial charge < -0.3 is 19.9 Å². The second kappa shape index (κ2) is 6.34. The van der Waals surface area contributed by atoms with Crippen molar-refractivity contribution in [2.75, 3.05) is 33.3 Å². The maximum atomic E-state index is 5.70. The molecule has 1 aromatic heterocycles. The van der Waals surface area contributed by atoms with Crippen LogP contribution in [0.4, 0.5) is 0 Å². The standard InChI is InChI=1S/C15H20N4O2/c1-19-7-8-20-13(10-19)14-17-15(21-18-14)12-4-2-3-11(9-12)5-6-16/h2-4,9,13H,5-8,10,16H2,1H3. The van der Waals surface area contributed by atoms with Gasteiger partial charge in [-0.3, -0.25) is 0 Å². The minimum absolute atomic E-state index is 0.117. The third kappa shape index (κ3) is 3.29. The highest BCUT2D eigenvalue weighted by molar-refractivity contribution is 5.54. The van der Waals surface area contributed by atoms with Gasteiger partial charge in [-0.05, 0) is 37.7 Å². The minimum Gasteiger partial charge on any atom is -0.367 e. The van der Waals surface area contributed by atoms with Gasteiger partial charge in [-0.2, -0.15) is 4.98 Å². The van der Waals surface area contributed by atoms with Crippen molar-refractivity contribution in [3.63, 3.8) is 0 Å². The van der Waals surface area contributed by atoms with E-state index in [4.69, 9.17) is 15.0 Å². The summed E-state index contributed by atoms with van der Waals surface area (Å²) in [6, 6.07) is 8.03. The Balaban J connectivity index is 1.79. The maximum absolute atomic E-state index is 5.70. The Hall–Kier alpha value is -1.76. The van der Waals surface area contributed by atoms with Gasteiger partial charge in [-0.15, -0.1) is 0 Å². The maximum Gasteiger partial charge on any atom is 0.258 e. The molecule has 1 aromatic carbocycles. The first-order valence-electron chi connectivity index (χ1n) is 7.19. The molecule has 21 heavy (non-hydrogen) atoms. The number of morpholine rings is 1. The quantitative estimate of drug-likeness (QED) is 0.912. The van der Waals surface area contributed by atoms with Crippen molar-refractivity contribution in [3.8, 4) is 11.5 Å². The fourth-order valence-corrected chi connectivity index (χ4v) is 2.44. The van der Waals surface area contributed by atoms with Crippen LogP contribution in [0.3, 0.4) is 0 Å². The van der Waals surface area contributed by atoms with Gasteiger partial charge in [0.15, 0.2) is 0 Å². The van der Waals surface area contributed by atoms with Crippen LogP contribution < -0.4 is 5.73 Å². The predicted octanol–water partition coefficient (Wildman–Crippen LogP) is 1.24. The van der Waals surface area contributed by atoms with Crippen LogP contribution in [0.2, 0.25) is 0 Å². The lowest BCUT2D eigenvalue weighted by Gasteiger charge is -2.27. The molecule has 0 aliphatic carbocycles. The van der Waals surface area contributed by atoms with E-state index in [1.54, 1.807) is 0 Å². The molecule has 1 aliphatic heterocycles. The molecule has 0 bridgehead atoms. The first-order valence-corrected chi connectivity index (χ1v) is 7.19. The molecule has 2 heterocycles. The summed E-state index contributed by atoms with van der Waals surface area (Å²) in [4.78, 5) is 6.68. The zero-order valence-corrected chi connectivity index (χ0v) is 12.2. The number of hydrogen-bond donors (Lipinski definition) is 1. The molecule has 0 amide bonds. The average Bonchev–Trinajstić information content (AvgIpc) is 2.98. The highest BCUT2D eigenvalue weighted by atomic mass is 16.5. The van der Waals surface area contributed by atoms with Crippen molar-refractivity contribution >= 4 is 0 Å². The molecule has 2 aromatic rings. The number of nitrogens with zero attached hydrogens (tertiary/aromatic N) is 3. The normalized spacial score (nSPS) is 19.8. The van der Waals surface area contributed by atoms with Crippen molar-refractivity contribution in [1.82, 2.24) is 15.0 Å². The van der Waals surface area contributed by atoms with Gasteiger partial charge in [-0.1, -0.05) is 17.3 Å². The minimum atomic E-state index is -0.117. The van der Waals surface area contributed by atoms with Gasteiger partial charge in [0, 0.05) is 18.7 Å². The molecule has 1 fully saturated rings. The monoisotopic (exact) mass is 288 g/mol. The van der Waals surface area contributed by atoms with Gasteiger partial charge >= 0.3 is 0 Å². The molecule has 0 radical (unpaired) electrons. The first-order chi connectivity index (χ1) is 10.3. The van der Waals surface area contributed by atoms with E-state index >= 15 is 0 Å². The zero-order valence-electron chi connectivity index (χ0n) is 12.2. The number of aromatic nitrogens is 2. The van der Waals surface area contributed by atoms with Crippen LogP contribution in [-0.2, 0) is 11.2 Å². The molecule has 6 nitrogen and oxygen atoms in total. The van der Waals surface area contributed by atoms with E-state index in [9.17, 15) is 0 Å². The first kappa shape index (κ1) is 14.2. The summed E-state index contributed by atoms with van der Waals surface area (Å²) in [6.45, 7) is 3.03. The predicted molar refractivity (Wildman–Crippen MR) is 78.7 cm³/mol. The summed E-state index contributed by atoms with van der Waals surface area (Å²) in [5.41, 5.74) is 7.68. The van der Waals surface area contributed by atoms with Gasteiger partial charge in [0.1, 0.15) is 6.10 Å². The molecule has 112 valence electrons. The molecule has 2 N–H and O–H groups in total. The van der Waals surface area contributed by atoms with Gasteiger partial charge in [0.25, 0.3) is 5.89 Å². The van der Waals surface area contributed by atoms with Gasteiger partial charge in [0.05, 0.1) is 6.61 Å². The molecule has 1 saturated heterocycles. The van der Waals surface area contributed by atoms with Crippen molar-refractivity contribution in [2.24, 2.45) is 5.73 Å². The molecule has 1 atom stereocenters. The molecular weight excluding hydrogens is 268 g/mol. The third-order valence-corrected chi connectivity index (χ3v) is 3.61. The number of nitrogens with two attached hydrogens (primary N) is 1. The number of likely N-dealkylation sites (N-methyl/N-ethyl adjacent to an activating group) is 1. The van der Waals surface area contributed by atoms with E-state index < -0.39 is 0 Å². The lowest BCUT2D eigenvalue weighted by molar-refractivity contribution is -0.0264. The van der Waals surface area contributed by atoms with Crippen LogP contribution in [0, 0.1) is 0 Å². The Morgan fingerprint density at radius 2 is 2.33 bits per heavy atom. The molecule has 0 spiro atoms. The molecule has 1 unspecified atom stereocenters. The average molecular weight is 288 g/mol. The number of rotatable bonds is 4. The van der Waals surface area contributed by atoms with E-state index in [-0.39, 0.29) is 6.10 Å². The summed E-state index contributed by atoms with van der Waals surface area (Å²) < 4.78 is 11.1. The SMILES string of the molecule is CN1CCOC(c2noc(-c3cccc(CCN)c3)n2)C1. The fraction of sp³-hybridized carbons (Fsp3) is 0.467. The topological polar surface area (TPSA) is 77.4 Å². The summed E-state index contributed by atoms with van der Waals surface area (Å²) in [6.07, 6.45) is 0.722. The summed E-state index contributed by atoms with van der Waals surface area (Å²) in [7, 11) is 2.06. The number of benzene rings is 1. The van der Waals surface area contributed by atoms with Crippen LogP contribution in [0.5, 0.6) is 0 Å². The van der Waals surface area contributed by atoms with Gasteiger partial charge in [0.2, 0.25) is 5.82 Å². The third-order valence-electron chi connectivity index (χ3n) is 3.61. The van der Waals surface area contributed by atoms with Crippen LogP contribution in [-0.4, -0.2) is 48.3 Å². The molecule has 1 aliphatic rings. The lowest BCUT2D eigenvalue weighted by atomic mass is 10.1. The van der Waals surface area contributed by atoms with E-state index in [1.165, 1.54) is 5.56 Å². The summed E-state index contributed by atoms with van der Waals surface area (Å²) in [5, 5.41) is 4.06. The fourth-order valence-electron chi connectivity index (χ4n) is 2.44. The second-order valence-corrected chi connectivity index (χ2v) is 5.32. The molecule has 6 heteroatoms. The second-order valence-electron chi connectivity index (χ2n) is 5.32. The van der Waals surface area contributed by atoms with Crippen LogP contribution >= 0.6 is 0 Å². The number of hydrogen-bond acceptors (Lipinski definition) is 6. The Morgan fingerprint density at radius 3 is 3.14 bits per heavy atom. The zero-order chi connectivity index (χ0) is 14.7. The Labute approximate surface area is 123 Å². The van der Waals surface area contributed by atoms with Crippen LogP contribution in [0.1, 0.15) is 17.5 Å². The van der Waals surface area contributed by atoms with Crippen molar-refractivity contribution in [3.05, 3.63) is 35.7 Å². The lowest BCUT2D eigenvalue weighted by Crippen LogP contribution is -2.35. The molecular formula is C15H20N4O2. The Bertz CT molecular complexity index is 599. The van der Waals surface area contributed by atoms with E-state index in [0.717, 1.165) is 25.1 Å². The highest BCUT2D eigenvalue weighted by Crippen LogP contribution is 2.23. The smallest absolute Gasteiger partial charge is 0.258 e. The highest BCUT2D eigenvalue weighted by Gasteiger charge is 2.24. The van der Waals surface area contributed by atoms with Crippen molar-refractivity contribution in [2.45, 2.75) is 12.5 Å². The van der Waals surface area contributed by atoms with E-state index in [0.29, 0.717) is 24.9 Å². The van der Waals surface area contributed by atoms with E-state index in [1.807, 2.05) is 24.3 Å². The number of ether oxygens (including phenoxy) is 1. The van der Waals surface area contributed by atoms with Crippen molar-refractivity contribution in [1.29, 1.82) is 0 Å². The van der Waals surface area contributed by atoms with Crippen molar-refractivity contribution < 1.29 is 9.26 Å². The summed E-state index contributed by atoms with van der Waals surface area (Å²) in [5.74, 6) is 1.14. The van der Waals surface area contributed by atoms with E-state index in [2.05, 4.69) is 22.1 Å². The Kier molecular flexibility index (Phi) is 4.28.